The largest absolute Gasteiger partial charge is 0.423 e. The van der Waals surface area contributed by atoms with Crippen LogP contribution in [0.1, 0.15) is 25.7 Å². The lowest BCUT2D eigenvalue weighted by Gasteiger charge is -2.42. The van der Waals surface area contributed by atoms with Gasteiger partial charge in [0.2, 0.25) is 5.91 Å². The molecule has 0 N–H and O–H groups in total. The molecule has 1 aromatic heterocycles. The topological polar surface area (TPSA) is 52.8 Å². The molecule has 4 heterocycles. The van der Waals surface area contributed by atoms with Crippen molar-refractivity contribution < 1.29 is 9.21 Å². The third-order valence-corrected chi connectivity index (χ3v) is 6.47. The zero-order chi connectivity index (χ0) is 18.9. The summed E-state index contributed by atoms with van der Waals surface area (Å²) in [6, 6.07) is 9.25. The van der Waals surface area contributed by atoms with Gasteiger partial charge < -0.3 is 14.2 Å². The van der Waals surface area contributed by atoms with Crippen LogP contribution in [0.15, 0.2) is 40.8 Å². The maximum Gasteiger partial charge on any atom is 0.298 e. The maximum atomic E-state index is 12.8. The van der Waals surface area contributed by atoms with Gasteiger partial charge in [-0.3, -0.25) is 9.69 Å². The number of fused-ring (bicyclic) bond motifs is 1. The Morgan fingerprint density at radius 1 is 1.04 bits per heavy atom. The van der Waals surface area contributed by atoms with Gasteiger partial charge in [-0.05, 0) is 44.4 Å². The molecule has 0 aliphatic carbocycles. The van der Waals surface area contributed by atoms with Gasteiger partial charge in [0.1, 0.15) is 5.52 Å². The number of para-hydroxylation sites is 2. The van der Waals surface area contributed by atoms with Crippen molar-refractivity contribution in [3.8, 4) is 0 Å². The van der Waals surface area contributed by atoms with E-state index in [1.165, 1.54) is 0 Å². The van der Waals surface area contributed by atoms with Crippen molar-refractivity contribution in [2.45, 2.75) is 31.7 Å². The van der Waals surface area contributed by atoms with Gasteiger partial charge in [0.15, 0.2) is 5.58 Å². The monoisotopic (exact) mass is 380 g/mol. The molecule has 0 spiro atoms. The Kier molecular flexibility index (Phi) is 4.81. The summed E-state index contributed by atoms with van der Waals surface area (Å²) in [5.41, 5.74) is 1.78. The lowest BCUT2D eigenvalue weighted by atomic mass is 9.93. The van der Waals surface area contributed by atoms with Crippen LogP contribution in [-0.4, -0.2) is 66.0 Å². The lowest BCUT2D eigenvalue weighted by Crippen LogP contribution is -2.51. The zero-order valence-electron chi connectivity index (χ0n) is 16.3. The molecule has 28 heavy (non-hydrogen) atoms. The zero-order valence-corrected chi connectivity index (χ0v) is 16.3. The fourth-order valence-electron chi connectivity index (χ4n) is 4.87. The highest BCUT2D eigenvalue weighted by Crippen LogP contribution is 2.28. The average Bonchev–Trinajstić information content (AvgIpc) is 3.43. The molecule has 6 heteroatoms. The number of carbonyl (C=O) groups excluding carboxylic acids is 1. The number of aromatic nitrogens is 1. The van der Waals surface area contributed by atoms with E-state index in [1.54, 1.807) is 0 Å². The van der Waals surface area contributed by atoms with Crippen molar-refractivity contribution in [1.82, 2.24) is 14.8 Å². The van der Waals surface area contributed by atoms with Crippen molar-refractivity contribution in [1.29, 1.82) is 0 Å². The highest BCUT2D eigenvalue weighted by atomic mass is 16.4. The normalized spacial score (nSPS) is 24.4. The van der Waals surface area contributed by atoms with Crippen LogP contribution in [0.3, 0.4) is 0 Å². The fraction of sp³-hybridized carbons (Fsp3) is 0.545. The van der Waals surface area contributed by atoms with Crippen LogP contribution >= 0.6 is 0 Å². The first-order valence-electron chi connectivity index (χ1n) is 10.6. The number of hydrogen-bond donors (Lipinski definition) is 0. The van der Waals surface area contributed by atoms with E-state index in [-0.39, 0.29) is 5.92 Å². The van der Waals surface area contributed by atoms with E-state index in [2.05, 4.69) is 26.9 Å². The standard InChI is InChI=1S/C22H28N4O2/c27-21(24-11-3-4-12-24)17-6-5-13-26(16-17)18-9-14-25(15-10-18)22-23-19-7-1-2-8-20(19)28-22/h1-4,7-8,17-18H,5-6,9-16H2/t17-/m0/s1. The molecule has 2 saturated heterocycles. The SMILES string of the molecule is O=C([C@H]1CCCN(C2CCN(c3nc4ccccc4o3)CC2)C1)N1CC=CC1. The number of benzene rings is 1. The van der Waals surface area contributed by atoms with Crippen molar-refractivity contribution in [2.75, 3.05) is 44.2 Å². The van der Waals surface area contributed by atoms with Crippen LogP contribution in [0, 0.1) is 5.92 Å². The van der Waals surface area contributed by atoms with Crippen LogP contribution < -0.4 is 4.90 Å². The Labute approximate surface area is 165 Å². The quantitative estimate of drug-likeness (QED) is 0.767. The second kappa shape index (κ2) is 7.59. The Morgan fingerprint density at radius 3 is 2.61 bits per heavy atom. The Morgan fingerprint density at radius 2 is 1.82 bits per heavy atom. The molecule has 3 aliphatic rings. The van der Waals surface area contributed by atoms with Crippen molar-refractivity contribution in [3.05, 3.63) is 36.4 Å². The second-order valence-corrected chi connectivity index (χ2v) is 8.23. The number of amides is 1. The summed E-state index contributed by atoms with van der Waals surface area (Å²) >= 11 is 0. The minimum atomic E-state index is 0.170. The number of carbonyl (C=O) groups is 1. The number of oxazole rings is 1. The Balaban J connectivity index is 1.18. The molecular formula is C22H28N4O2. The summed E-state index contributed by atoms with van der Waals surface area (Å²) in [5.74, 6) is 0.516. The van der Waals surface area contributed by atoms with Crippen LogP contribution in [0.2, 0.25) is 0 Å². The number of rotatable bonds is 3. The summed E-state index contributed by atoms with van der Waals surface area (Å²) in [7, 11) is 0. The van der Waals surface area contributed by atoms with E-state index in [0.29, 0.717) is 11.9 Å². The highest BCUT2D eigenvalue weighted by molar-refractivity contribution is 5.80. The number of likely N-dealkylation sites (tertiary alicyclic amines) is 1. The molecule has 2 aromatic rings. The minimum Gasteiger partial charge on any atom is -0.423 e. The Bertz CT molecular complexity index is 827. The smallest absolute Gasteiger partial charge is 0.298 e. The summed E-state index contributed by atoms with van der Waals surface area (Å²) in [6.07, 6.45) is 8.56. The van der Waals surface area contributed by atoms with E-state index in [4.69, 9.17) is 4.42 Å². The molecule has 0 unspecified atom stereocenters. The highest BCUT2D eigenvalue weighted by Gasteiger charge is 2.34. The van der Waals surface area contributed by atoms with Gasteiger partial charge in [0, 0.05) is 38.8 Å². The van der Waals surface area contributed by atoms with E-state index in [1.807, 2.05) is 29.2 Å². The van der Waals surface area contributed by atoms with Crippen LogP contribution in [-0.2, 0) is 4.79 Å². The number of nitrogens with zero attached hydrogens (tertiary/aromatic N) is 4. The number of piperidine rings is 2. The third kappa shape index (κ3) is 3.41. The minimum absolute atomic E-state index is 0.170. The number of anilines is 1. The van der Waals surface area contributed by atoms with Gasteiger partial charge in [0.25, 0.3) is 6.01 Å². The molecular weight excluding hydrogens is 352 g/mol. The first-order valence-corrected chi connectivity index (χ1v) is 10.6. The second-order valence-electron chi connectivity index (χ2n) is 8.23. The summed E-state index contributed by atoms with van der Waals surface area (Å²) < 4.78 is 5.94. The predicted octanol–water partition coefficient (Wildman–Crippen LogP) is 2.91. The van der Waals surface area contributed by atoms with Crippen molar-refractivity contribution in [2.24, 2.45) is 5.92 Å². The first kappa shape index (κ1) is 17.7. The molecule has 3 aliphatic heterocycles. The van der Waals surface area contributed by atoms with E-state index < -0.39 is 0 Å². The Hall–Kier alpha value is -2.34. The molecule has 2 fully saturated rings. The van der Waals surface area contributed by atoms with E-state index >= 15 is 0 Å². The van der Waals surface area contributed by atoms with Gasteiger partial charge in [-0.25, -0.2) is 0 Å². The number of hydrogen-bond acceptors (Lipinski definition) is 5. The van der Waals surface area contributed by atoms with Gasteiger partial charge in [-0.2, -0.15) is 4.98 Å². The molecule has 0 radical (unpaired) electrons. The molecule has 0 bridgehead atoms. The predicted molar refractivity (Wildman–Crippen MR) is 109 cm³/mol. The van der Waals surface area contributed by atoms with Crippen LogP contribution in [0.25, 0.3) is 11.1 Å². The van der Waals surface area contributed by atoms with Gasteiger partial charge in [0.05, 0.1) is 5.92 Å². The lowest BCUT2D eigenvalue weighted by molar-refractivity contribution is -0.136. The first-order chi connectivity index (χ1) is 13.8. The van der Waals surface area contributed by atoms with Gasteiger partial charge in [-0.15, -0.1) is 0 Å². The van der Waals surface area contributed by atoms with E-state index in [9.17, 15) is 4.79 Å². The van der Waals surface area contributed by atoms with Gasteiger partial charge in [-0.1, -0.05) is 24.3 Å². The summed E-state index contributed by atoms with van der Waals surface area (Å²) in [4.78, 5) is 24.2. The van der Waals surface area contributed by atoms with Crippen molar-refractivity contribution in [3.63, 3.8) is 0 Å². The van der Waals surface area contributed by atoms with Gasteiger partial charge >= 0.3 is 0 Å². The molecule has 1 atom stereocenters. The summed E-state index contributed by atoms with van der Waals surface area (Å²) in [5, 5.41) is 0. The fourth-order valence-corrected chi connectivity index (χ4v) is 4.87. The van der Waals surface area contributed by atoms with Crippen LogP contribution in [0.5, 0.6) is 0 Å². The maximum absolute atomic E-state index is 12.8. The third-order valence-electron chi connectivity index (χ3n) is 6.47. The molecule has 1 amide bonds. The van der Waals surface area contributed by atoms with E-state index in [0.717, 1.165) is 82.1 Å². The summed E-state index contributed by atoms with van der Waals surface area (Å²) in [6.45, 7) is 5.54. The molecule has 5 rings (SSSR count). The average molecular weight is 380 g/mol. The molecule has 1 aromatic carbocycles. The van der Waals surface area contributed by atoms with Crippen LogP contribution in [0.4, 0.5) is 6.01 Å². The molecule has 6 nitrogen and oxygen atoms in total. The molecule has 148 valence electrons. The molecule has 0 saturated carbocycles. The van der Waals surface area contributed by atoms with Crippen molar-refractivity contribution >= 4 is 23.0 Å².